The van der Waals surface area contributed by atoms with Crippen molar-refractivity contribution in [3.8, 4) is 11.4 Å². The van der Waals surface area contributed by atoms with E-state index < -0.39 is 0 Å². The summed E-state index contributed by atoms with van der Waals surface area (Å²) in [5.41, 5.74) is 3.28. The van der Waals surface area contributed by atoms with Crippen LogP contribution in [0.1, 0.15) is 10.4 Å². The first-order valence-corrected chi connectivity index (χ1v) is 10.1. The second kappa shape index (κ2) is 7.02. The van der Waals surface area contributed by atoms with Gasteiger partial charge in [0.05, 0.1) is 21.1 Å². The maximum atomic E-state index is 13.1. The molecule has 9 heteroatoms. The van der Waals surface area contributed by atoms with E-state index in [4.69, 9.17) is 23.2 Å². The number of halogens is 2. The van der Waals surface area contributed by atoms with Gasteiger partial charge in [0.15, 0.2) is 0 Å². The van der Waals surface area contributed by atoms with Gasteiger partial charge in [0.25, 0.3) is 5.91 Å². The fourth-order valence-electron chi connectivity index (χ4n) is 3.72. The summed E-state index contributed by atoms with van der Waals surface area (Å²) in [5.74, 6) is 0.536. The maximum Gasteiger partial charge on any atom is 0.255 e. The highest BCUT2D eigenvalue weighted by Crippen LogP contribution is 2.36. The molecule has 0 unspecified atom stereocenters. The number of benzene rings is 1. The number of hydrogen-bond acceptors (Lipinski definition) is 4. The fraction of sp³-hybridized carbons (Fsp3) is 0.250. The quantitative estimate of drug-likeness (QED) is 0.508. The molecule has 7 nitrogen and oxygen atoms in total. The van der Waals surface area contributed by atoms with E-state index in [2.05, 4.69) is 24.8 Å². The van der Waals surface area contributed by atoms with Gasteiger partial charge >= 0.3 is 0 Å². The van der Waals surface area contributed by atoms with Crippen LogP contribution in [-0.4, -0.2) is 68.9 Å². The molecule has 1 fully saturated rings. The van der Waals surface area contributed by atoms with Crippen molar-refractivity contribution in [3.05, 3.63) is 46.2 Å². The Morgan fingerprint density at radius 2 is 1.93 bits per heavy atom. The molecule has 1 amide bonds. The molecule has 4 heterocycles. The molecule has 3 aromatic heterocycles. The minimum atomic E-state index is -0.111. The Bertz CT molecular complexity index is 1240. The van der Waals surface area contributed by atoms with Crippen LogP contribution in [0.3, 0.4) is 0 Å². The van der Waals surface area contributed by atoms with Crippen LogP contribution in [0.25, 0.3) is 33.5 Å². The summed E-state index contributed by atoms with van der Waals surface area (Å²) < 4.78 is 0. The Morgan fingerprint density at radius 1 is 1.14 bits per heavy atom. The molecule has 0 atom stereocenters. The summed E-state index contributed by atoms with van der Waals surface area (Å²) in [6, 6.07) is 5.58. The summed E-state index contributed by atoms with van der Waals surface area (Å²) >= 11 is 13.0. The predicted octanol–water partition coefficient (Wildman–Crippen LogP) is 3.80. The second-order valence-electron chi connectivity index (χ2n) is 7.23. The van der Waals surface area contributed by atoms with E-state index in [1.54, 1.807) is 12.3 Å². The molecule has 1 aliphatic rings. The summed E-state index contributed by atoms with van der Waals surface area (Å²) in [5, 5.41) is 1.47. The lowest BCUT2D eigenvalue weighted by Gasteiger charge is -2.32. The number of aromatic nitrogens is 4. The van der Waals surface area contributed by atoms with Crippen LogP contribution in [-0.2, 0) is 0 Å². The van der Waals surface area contributed by atoms with Gasteiger partial charge < -0.3 is 19.8 Å². The Morgan fingerprint density at radius 3 is 2.72 bits per heavy atom. The van der Waals surface area contributed by atoms with Gasteiger partial charge in [0, 0.05) is 49.5 Å². The monoisotopic (exact) mass is 428 g/mol. The van der Waals surface area contributed by atoms with Gasteiger partial charge in [-0.1, -0.05) is 23.2 Å². The number of imidazole rings is 1. The zero-order valence-electron chi connectivity index (χ0n) is 15.7. The molecule has 2 N–H and O–H groups in total. The van der Waals surface area contributed by atoms with Gasteiger partial charge in [-0.2, -0.15) is 0 Å². The molecule has 0 spiro atoms. The summed E-state index contributed by atoms with van der Waals surface area (Å²) in [6.45, 7) is 3.00. The maximum absolute atomic E-state index is 13.1. The molecular weight excluding hydrogens is 411 g/mol. The molecule has 0 saturated carbocycles. The normalized spacial score (nSPS) is 15.5. The minimum absolute atomic E-state index is 0.111. The van der Waals surface area contributed by atoms with E-state index in [9.17, 15) is 4.79 Å². The molecule has 1 aromatic carbocycles. The molecule has 1 saturated heterocycles. The number of rotatable bonds is 2. The highest BCUT2D eigenvalue weighted by atomic mass is 35.5. The Kier molecular flexibility index (Phi) is 4.46. The molecule has 29 heavy (non-hydrogen) atoms. The molecule has 4 aromatic rings. The molecule has 1 aliphatic heterocycles. The van der Waals surface area contributed by atoms with Gasteiger partial charge in [0.1, 0.15) is 17.0 Å². The third-order valence-corrected chi connectivity index (χ3v) is 6.25. The number of nitrogens with zero attached hydrogens (tertiary/aromatic N) is 4. The zero-order valence-corrected chi connectivity index (χ0v) is 17.2. The zero-order chi connectivity index (χ0) is 20.1. The van der Waals surface area contributed by atoms with Gasteiger partial charge in [-0.05, 0) is 25.2 Å². The lowest BCUT2D eigenvalue weighted by Crippen LogP contribution is -2.47. The van der Waals surface area contributed by atoms with Crippen molar-refractivity contribution < 1.29 is 4.79 Å². The van der Waals surface area contributed by atoms with Crippen LogP contribution in [0.5, 0.6) is 0 Å². The number of pyridine rings is 1. The molecule has 148 valence electrons. The number of amides is 1. The summed E-state index contributed by atoms with van der Waals surface area (Å²) in [6.07, 6.45) is 3.55. The van der Waals surface area contributed by atoms with Crippen molar-refractivity contribution in [2.75, 3.05) is 33.2 Å². The fourth-order valence-corrected chi connectivity index (χ4v) is 4.19. The first kappa shape index (κ1) is 18.4. The predicted molar refractivity (Wildman–Crippen MR) is 115 cm³/mol. The highest BCUT2D eigenvalue weighted by molar-refractivity contribution is 6.46. The number of nitrogens with one attached hydrogen (secondary N) is 2. The van der Waals surface area contributed by atoms with E-state index in [0.29, 0.717) is 35.5 Å². The van der Waals surface area contributed by atoms with Gasteiger partial charge in [-0.3, -0.25) is 4.79 Å². The van der Waals surface area contributed by atoms with Crippen LogP contribution in [0.4, 0.5) is 0 Å². The number of H-pyrrole nitrogens is 2. The van der Waals surface area contributed by atoms with Crippen LogP contribution >= 0.6 is 23.2 Å². The molecule has 0 aliphatic carbocycles. The number of aromatic amines is 2. The Balaban J connectivity index is 1.59. The average Bonchev–Trinajstić information content (AvgIpc) is 3.37. The second-order valence-corrected chi connectivity index (χ2v) is 7.98. The first-order valence-electron chi connectivity index (χ1n) is 9.31. The van der Waals surface area contributed by atoms with Crippen LogP contribution in [0.15, 0.2) is 30.6 Å². The van der Waals surface area contributed by atoms with E-state index in [0.717, 1.165) is 29.7 Å². The van der Waals surface area contributed by atoms with E-state index in [1.807, 2.05) is 30.3 Å². The number of carbonyl (C=O) groups excluding carboxylic acids is 1. The van der Waals surface area contributed by atoms with Crippen molar-refractivity contribution in [1.82, 2.24) is 29.7 Å². The number of piperazine rings is 1. The van der Waals surface area contributed by atoms with Crippen molar-refractivity contribution in [2.24, 2.45) is 0 Å². The smallest absolute Gasteiger partial charge is 0.255 e. The molecule has 0 bridgehead atoms. The van der Waals surface area contributed by atoms with Crippen LogP contribution < -0.4 is 0 Å². The van der Waals surface area contributed by atoms with Gasteiger partial charge in [0.2, 0.25) is 0 Å². The standard InChI is InChI=1S/C20H18Cl2N6O/c1-27-6-8-28(9-7-27)20(29)13-10-14-17(16(22)15(13)21)26-19(25-14)12-3-5-24-18-11(12)2-4-23-18/h2-5,10H,6-9H2,1H3,(H,23,24)(H,25,26). The average molecular weight is 429 g/mol. The largest absolute Gasteiger partial charge is 0.346 e. The van der Waals surface area contributed by atoms with Crippen molar-refractivity contribution in [1.29, 1.82) is 0 Å². The SMILES string of the molecule is CN1CCN(C(=O)c2cc3[nH]c(-c4ccnc5[nH]ccc45)nc3c(Cl)c2Cl)CC1. The molecule has 0 radical (unpaired) electrons. The van der Waals surface area contributed by atoms with Crippen LogP contribution in [0.2, 0.25) is 10.0 Å². The number of carbonyl (C=O) groups is 1. The molecular formula is C20H18Cl2N6O. The van der Waals surface area contributed by atoms with E-state index >= 15 is 0 Å². The van der Waals surface area contributed by atoms with Crippen molar-refractivity contribution >= 4 is 51.2 Å². The lowest BCUT2D eigenvalue weighted by atomic mass is 10.1. The first-order chi connectivity index (χ1) is 14.0. The Hall–Kier alpha value is -2.61. The number of fused-ring (bicyclic) bond motifs is 2. The van der Waals surface area contributed by atoms with E-state index in [1.165, 1.54) is 0 Å². The number of hydrogen-bond donors (Lipinski definition) is 2. The summed E-state index contributed by atoms with van der Waals surface area (Å²) in [7, 11) is 2.05. The van der Waals surface area contributed by atoms with Crippen molar-refractivity contribution in [3.63, 3.8) is 0 Å². The number of likely N-dealkylation sites (N-methyl/N-ethyl adjacent to an activating group) is 1. The van der Waals surface area contributed by atoms with E-state index in [-0.39, 0.29) is 16.0 Å². The van der Waals surface area contributed by atoms with Gasteiger partial charge in [-0.25, -0.2) is 9.97 Å². The summed E-state index contributed by atoms with van der Waals surface area (Å²) in [4.78, 5) is 32.4. The van der Waals surface area contributed by atoms with Gasteiger partial charge in [-0.15, -0.1) is 0 Å². The van der Waals surface area contributed by atoms with Crippen molar-refractivity contribution in [2.45, 2.75) is 0 Å². The minimum Gasteiger partial charge on any atom is -0.346 e. The third-order valence-electron chi connectivity index (χ3n) is 5.39. The topological polar surface area (TPSA) is 80.9 Å². The lowest BCUT2D eigenvalue weighted by molar-refractivity contribution is 0.0664. The van der Waals surface area contributed by atoms with Crippen LogP contribution in [0, 0.1) is 0 Å². The highest BCUT2D eigenvalue weighted by Gasteiger charge is 2.25. The Labute approximate surface area is 176 Å². The third kappa shape index (κ3) is 3.06. The molecule has 5 rings (SSSR count).